The summed E-state index contributed by atoms with van der Waals surface area (Å²) >= 11 is 0. The first kappa shape index (κ1) is 13.8. The van der Waals surface area contributed by atoms with E-state index in [0.29, 0.717) is 18.0 Å². The van der Waals surface area contributed by atoms with Crippen molar-refractivity contribution in [3.63, 3.8) is 0 Å². The monoisotopic (exact) mass is 285 g/mol. The highest BCUT2D eigenvalue weighted by molar-refractivity contribution is 5.82. The van der Waals surface area contributed by atoms with Crippen molar-refractivity contribution < 1.29 is 4.79 Å². The second kappa shape index (κ2) is 5.69. The molecule has 1 aliphatic carbocycles. The van der Waals surface area contributed by atoms with Gasteiger partial charge < -0.3 is 11.1 Å². The van der Waals surface area contributed by atoms with Gasteiger partial charge in [0.05, 0.1) is 5.52 Å². The van der Waals surface area contributed by atoms with Crippen molar-refractivity contribution in [2.24, 2.45) is 11.7 Å². The number of nitrogens with two attached hydrogens (primary N) is 1. The number of amides is 1. The minimum absolute atomic E-state index is 0.0416. The number of carbonyl (C=O) groups is 1. The van der Waals surface area contributed by atoms with Gasteiger partial charge in [-0.15, -0.1) is 0 Å². The molecule has 21 heavy (non-hydrogen) atoms. The van der Waals surface area contributed by atoms with Crippen LogP contribution in [0.5, 0.6) is 0 Å². The van der Waals surface area contributed by atoms with Crippen LogP contribution in [0.1, 0.15) is 18.4 Å². The van der Waals surface area contributed by atoms with Crippen LogP contribution >= 0.6 is 0 Å². The van der Waals surface area contributed by atoms with Gasteiger partial charge in [-0.2, -0.15) is 0 Å². The summed E-state index contributed by atoms with van der Waals surface area (Å²) < 4.78 is 1.51. The Morgan fingerprint density at radius 1 is 1.33 bits per heavy atom. The summed E-state index contributed by atoms with van der Waals surface area (Å²) in [6.45, 7) is 0.926. The lowest BCUT2D eigenvalue weighted by Crippen LogP contribution is -2.35. The minimum Gasteiger partial charge on any atom is -0.354 e. The zero-order chi connectivity index (χ0) is 14.8. The number of pyridine rings is 1. The molecular weight excluding hydrogens is 266 g/mol. The van der Waals surface area contributed by atoms with Crippen LogP contribution in [0.2, 0.25) is 0 Å². The lowest BCUT2D eigenvalue weighted by Gasteiger charge is -2.12. The van der Waals surface area contributed by atoms with Crippen molar-refractivity contribution >= 4 is 16.8 Å². The van der Waals surface area contributed by atoms with Crippen LogP contribution in [0.4, 0.5) is 0 Å². The predicted molar refractivity (Wildman–Crippen MR) is 81.8 cm³/mol. The Balaban J connectivity index is 1.93. The van der Waals surface area contributed by atoms with Crippen molar-refractivity contribution in [3.8, 4) is 0 Å². The van der Waals surface area contributed by atoms with E-state index < -0.39 is 0 Å². The number of aromatic nitrogens is 1. The van der Waals surface area contributed by atoms with E-state index in [2.05, 4.69) is 5.32 Å². The van der Waals surface area contributed by atoms with Gasteiger partial charge in [0.1, 0.15) is 6.54 Å². The second-order valence-corrected chi connectivity index (χ2v) is 5.57. The van der Waals surface area contributed by atoms with Crippen LogP contribution in [0.15, 0.2) is 35.1 Å². The summed E-state index contributed by atoms with van der Waals surface area (Å²) in [5, 5.41) is 3.82. The molecule has 0 saturated heterocycles. The summed E-state index contributed by atoms with van der Waals surface area (Å²) in [7, 11) is 0. The van der Waals surface area contributed by atoms with Gasteiger partial charge in [-0.25, -0.2) is 0 Å². The van der Waals surface area contributed by atoms with Gasteiger partial charge >= 0.3 is 0 Å². The fourth-order valence-electron chi connectivity index (χ4n) is 2.47. The van der Waals surface area contributed by atoms with Crippen LogP contribution in [-0.4, -0.2) is 17.0 Å². The Hall–Kier alpha value is -2.14. The van der Waals surface area contributed by atoms with Gasteiger partial charge in [0.15, 0.2) is 0 Å². The molecule has 1 heterocycles. The maximum absolute atomic E-state index is 12.4. The molecule has 0 bridgehead atoms. The first-order valence-corrected chi connectivity index (χ1v) is 7.27. The summed E-state index contributed by atoms with van der Waals surface area (Å²) in [5.74, 6) is 0.501. The number of carbonyl (C=O) groups excluding carboxylic acids is 1. The molecule has 5 nitrogen and oxygen atoms in total. The Bertz CT molecular complexity index is 732. The van der Waals surface area contributed by atoms with E-state index >= 15 is 0 Å². The molecule has 0 unspecified atom stereocenters. The summed E-state index contributed by atoms with van der Waals surface area (Å²) in [5.41, 5.74) is 6.75. The summed E-state index contributed by atoms with van der Waals surface area (Å²) in [4.78, 5) is 24.4. The maximum Gasteiger partial charge on any atom is 0.256 e. The normalized spacial score (nSPS) is 14.3. The van der Waals surface area contributed by atoms with Gasteiger partial charge in [-0.3, -0.25) is 14.2 Å². The van der Waals surface area contributed by atoms with Crippen molar-refractivity contribution in [3.05, 3.63) is 46.2 Å². The zero-order valence-electron chi connectivity index (χ0n) is 11.8. The van der Waals surface area contributed by atoms with Crippen LogP contribution in [0.3, 0.4) is 0 Å². The molecule has 5 heteroatoms. The average molecular weight is 285 g/mol. The number of hydrogen-bond donors (Lipinski definition) is 2. The Kier molecular flexibility index (Phi) is 3.75. The molecule has 1 saturated carbocycles. The number of fused-ring (bicyclic) bond motifs is 1. The molecule has 1 aliphatic rings. The highest BCUT2D eigenvalue weighted by atomic mass is 16.2. The van der Waals surface area contributed by atoms with Crippen molar-refractivity contribution in [2.75, 3.05) is 6.54 Å². The third-order valence-corrected chi connectivity index (χ3v) is 3.88. The molecule has 110 valence electrons. The molecule has 0 aliphatic heterocycles. The molecule has 0 atom stereocenters. The lowest BCUT2D eigenvalue weighted by atomic mass is 10.1. The van der Waals surface area contributed by atoms with Gasteiger partial charge in [-0.05, 0) is 36.3 Å². The van der Waals surface area contributed by atoms with Crippen molar-refractivity contribution in [1.29, 1.82) is 0 Å². The quantitative estimate of drug-likeness (QED) is 0.860. The van der Waals surface area contributed by atoms with Crippen molar-refractivity contribution in [1.82, 2.24) is 9.88 Å². The standard InChI is InChI=1S/C16H19N3O2/c17-8-13-7-12-3-1-2-4-14(12)19(16(13)21)10-15(20)18-9-11-5-6-11/h1-4,7,11H,5-6,8-10,17H2,(H,18,20). The summed E-state index contributed by atoms with van der Waals surface area (Å²) in [6.07, 6.45) is 2.37. The largest absolute Gasteiger partial charge is 0.354 e. The molecule has 1 amide bonds. The highest BCUT2D eigenvalue weighted by Gasteiger charge is 2.21. The van der Waals surface area contributed by atoms with Gasteiger partial charge in [0.2, 0.25) is 5.91 Å². The van der Waals surface area contributed by atoms with Gasteiger partial charge in [0, 0.05) is 18.7 Å². The van der Waals surface area contributed by atoms with E-state index in [9.17, 15) is 9.59 Å². The van der Waals surface area contributed by atoms with E-state index in [1.807, 2.05) is 24.3 Å². The molecule has 2 aromatic rings. The van der Waals surface area contributed by atoms with E-state index in [0.717, 1.165) is 10.9 Å². The smallest absolute Gasteiger partial charge is 0.256 e. The first-order chi connectivity index (χ1) is 10.2. The zero-order valence-corrected chi connectivity index (χ0v) is 11.8. The Morgan fingerprint density at radius 3 is 2.81 bits per heavy atom. The van der Waals surface area contributed by atoms with Crippen molar-refractivity contribution in [2.45, 2.75) is 25.9 Å². The highest BCUT2D eigenvalue weighted by Crippen LogP contribution is 2.27. The Labute approximate surface area is 122 Å². The SMILES string of the molecule is NCc1cc2ccccc2n(CC(=O)NCC2CC2)c1=O. The molecular formula is C16H19N3O2. The fourth-order valence-corrected chi connectivity index (χ4v) is 2.47. The van der Waals surface area contributed by atoms with E-state index in [4.69, 9.17) is 5.73 Å². The van der Waals surface area contributed by atoms with Gasteiger partial charge in [0.25, 0.3) is 5.56 Å². The molecule has 3 N–H and O–H groups in total. The third kappa shape index (κ3) is 2.97. The van der Waals surface area contributed by atoms with E-state index in [1.54, 1.807) is 6.07 Å². The van der Waals surface area contributed by atoms with Gasteiger partial charge in [-0.1, -0.05) is 18.2 Å². The molecule has 3 rings (SSSR count). The number of nitrogens with one attached hydrogen (secondary N) is 1. The number of hydrogen-bond acceptors (Lipinski definition) is 3. The number of nitrogens with zero attached hydrogens (tertiary/aromatic N) is 1. The van der Waals surface area contributed by atoms with E-state index in [-0.39, 0.29) is 24.6 Å². The molecule has 1 fully saturated rings. The molecule has 1 aromatic carbocycles. The van der Waals surface area contributed by atoms with Crippen LogP contribution in [-0.2, 0) is 17.9 Å². The molecule has 1 aromatic heterocycles. The third-order valence-electron chi connectivity index (χ3n) is 3.88. The number of benzene rings is 1. The number of para-hydroxylation sites is 1. The van der Waals surface area contributed by atoms with E-state index in [1.165, 1.54) is 17.4 Å². The topological polar surface area (TPSA) is 77.1 Å². The first-order valence-electron chi connectivity index (χ1n) is 7.27. The molecule has 0 radical (unpaired) electrons. The van der Waals surface area contributed by atoms with Crippen LogP contribution in [0, 0.1) is 5.92 Å². The number of rotatable bonds is 5. The lowest BCUT2D eigenvalue weighted by molar-refractivity contribution is -0.121. The summed E-state index contributed by atoms with van der Waals surface area (Å²) in [6, 6.07) is 9.35. The Morgan fingerprint density at radius 2 is 2.10 bits per heavy atom. The van der Waals surface area contributed by atoms with Crippen LogP contribution < -0.4 is 16.6 Å². The molecule has 0 spiro atoms. The minimum atomic E-state index is -0.183. The fraction of sp³-hybridized carbons (Fsp3) is 0.375. The maximum atomic E-state index is 12.4. The average Bonchev–Trinajstić information content (AvgIpc) is 3.32. The second-order valence-electron chi connectivity index (χ2n) is 5.57. The van der Waals surface area contributed by atoms with Crippen LogP contribution in [0.25, 0.3) is 10.9 Å². The predicted octanol–water partition coefficient (Wildman–Crippen LogP) is 0.986.